The maximum atomic E-state index is 12.8. The van der Waals surface area contributed by atoms with Crippen molar-refractivity contribution in [2.24, 2.45) is 0 Å². The number of fused-ring (bicyclic) bond motifs is 1. The first-order chi connectivity index (χ1) is 17.4. The molecule has 9 heteroatoms. The number of amides is 1. The van der Waals surface area contributed by atoms with E-state index in [9.17, 15) is 9.59 Å². The molecule has 180 valence electrons. The molecule has 0 fully saturated rings. The second kappa shape index (κ2) is 9.67. The molecule has 1 atom stereocenters. The van der Waals surface area contributed by atoms with Crippen LogP contribution >= 0.6 is 11.6 Å². The number of benzene rings is 2. The number of esters is 1. The number of nitrogens with zero attached hydrogens (tertiary/aromatic N) is 2. The third-order valence-corrected chi connectivity index (χ3v) is 5.91. The van der Waals surface area contributed by atoms with Crippen LogP contribution in [0.1, 0.15) is 22.8 Å². The van der Waals surface area contributed by atoms with Gasteiger partial charge in [0.25, 0.3) is 5.91 Å². The van der Waals surface area contributed by atoms with Crippen LogP contribution < -0.4 is 5.32 Å². The molecule has 0 aliphatic heterocycles. The number of carbonyl (C=O) groups excluding carboxylic acids is 2. The molecule has 5 rings (SSSR count). The normalized spacial score (nSPS) is 11.9. The Morgan fingerprint density at radius 3 is 2.19 bits per heavy atom. The molecule has 1 unspecified atom stereocenters. The monoisotopic (exact) mass is 501 g/mol. The van der Waals surface area contributed by atoms with Crippen molar-refractivity contribution in [1.82, 2.24) is 9.97 Å². The van der Waals surface area contributed by atoms with E-state index in [0.717, 1.165) is 5.56 Å². The Bertz CT molecular complexity index is 1560. The van der Waals surface area contributed by atoms with Crippen LogP contribution in [-0.2, 0) is 9.53 Å². The first-order valence-corrected chi connectivity index (χ1v) is 11.4. The quantitative estimate of drug-likeness (QED) is 0.272. The van der Waals surface area contributed by atoms with Gasteiger partial charge >= 0.3 is 5.97 Å². The van der Waals surface area contributed by atoms with E-state index in [0.29, 0.717) is 44.7 Å². The number of halogens is 1. The van der Waals surface area contributed by atoms with Gasteiger partial charge in [-0.05, 0) is 74.0 Å². The second-order valence-electron chi connectivity index (χ2n) is 8.08. The van der Waals surface area contributed by atoms with Crippen molar-refractivity contribution in [3.63, 3.8) is 0 Å². The Morgan fingerprint density at radius 2 is 1.58 bits per heavy atom. The summed E-state index contributed by atoms with van der Waals surface area (Å²) in [5.41, 5.74) is 3.62. The van der Waals surface area contributed by atoms with Crippen molar-refractivity contribution in [3.05, 3.63) is 89.3 Å². The summed E-state index contributed by atoms with van der Waals surface area (Å²) in [5, 5.41) is 3.22. The van der Waals surface area contributed by atoms with Crippen LogP contribution in [-0.4, -0.2) is 27.9 Å². The Kier molecular flexibility index (Phi) is 6.26. The molecule has 0 aliphatic rings. The fourth-order valence-corrected chi connectivity index (χ4v) is 3.73. The predicted octanol–water partition coefficient (Wildman–Crippen LogP) is 6.30. The van der Waals surface area contributed by atoms with Gasteiger partial charge in [-0.3, -0.25) is 4.79 Å². The summed E-state index contributed by atoms with van der Waals surface area (Å²) in [4.78, 5) is 34.7. The zero-order valence-electron chi connectivity index (χ0n) is 19.3. The summed E-state index contributed by atoms with van der Waals surface area (Å²) >= 11 is 6.11. The number of ether oxygens (including phenoxy) is 1. The van der Waals surface area contributed by atoms with Crippen LogP contribution in [0.15, 0.2) is 82.0 Å². The lowest BCUT2D eigenvalue weighted by atomic mass is 10.1. The number of anilines is 1. The highest BCUT2D eigenvalue weighted by molar-refractivity contribution is 6.31. The van der Waals surface area contributed by atoms with E-state index >= 15 is 0 Å². The van der Waals surface area contributed by atoms with Gasteiger partial charge in [-0.25, -0.2) is 14.8 Å². The summed E-state index contributed by atoms with van der Waals surface area (Å²) < 4.78 is 16.5. The summed E-state index contributed by atoms with van der Waals surface area (Å²) in [6.07, 6.45) is 2.05. The minimum Gasteiger partial charge on any atom is -0.463 e. The van der Waals surface area contributed by atoms with Crippen molar-refractivity contribution in [3.8, 4) is 22.9 Å². The molecule has 2 aromatic carbocycles. The van der Waals surface area contributed by atoms with Crippen LogP contribution in [0, 0.1) is 6.92 Å². The van der Waals surface area contributed by atoms with Gasteiger partial charge in [-0.2, -0.15) is 0 Å². The van der Waals surface area contributed by atoms with Crippen molar-refractivity contribution < 1.29 is 23.2 Å². The van der Waals surface area contributed by atoms with Crippen molar-refractivity contribution in [2.75, 3.05) is 5.32 Å². The van der Waals surface area contributed by atoms with Gasteiger partial charge in [0.05, 0.1) is 29.1 Å². The minimum absolute atomic E-state index is 0.228. The molecule has 0 spiro atoms. The Balaban J connectivity index is 1.38. The zero-order valence-corrected chi connectivity index (χ0v) is 20.1. The summed E-state index contributed by atoms with van der Waals surface area (Å²) in [7, 11) is 0. The standard InChI is InChI=1S/C27H20ClN3O5/c1-15-7-9-18(14-19(15)28)29-26(32)16(2)36-27(33)17-8-10-20-21(13-17)31-25(23-6-4-12-35-23)24(30-20)22-5-3-11-34-22/h3-14,16H,1-2H3,(H,29,32). The average molecular weight is 502 g/mol. The molecule has 1 N–H and O–H groups in total. The molecule has 1 amide bonds. The fraction of sp³-hybridized carbons (Fsp3) is 0.111. The maximum absolute atomic E-state index is 12.8. The highest BCUT2D eigenvalue weighted by Gasteiger charge is 2.21. The molecule has 5 aromatic rings. The molecular formula is C27H20ClN3O5. The van der Waals surface area contributed by atoms with Gasteiger partial charge in [0.2, 0.25) is 0 Å². The number of hydrogen-bond acceptors (Lipinski definition) is 7. The third-order valence-electron chi connectivity index (χ3n) is 5.50. The van der Waals surface area contributed by atoms with E-state index in [2.05, 4.69) is 15.3 Å². The van der Waals surface area contributed by atoms with Crippen LogP contribution in [0.4, 0.5) is 5.69 Å². The van der Waals surface area contributed by atoms with Gasteiger partial charge in [-0.15, -0.1) is 0 Å². The molecular weight excluding hydrogens is 482 g/mol. The van der Waals surface area contributed by atoms with E-state index < -0.39 is 18.0 Å². The molecule has 36 heavy (non-hydrogen) atoms. The van der Waals surface area contributed by atoms with E-state index in [-0.39, 0.29) is 5.56 Å². The van der Waals surface area contributed by atoms with E-state index in [1.165, 1.54) is 13.2 Å². The number of aromatic nitrogens is 2. The Morgan fingerprint density at radius 1 is 0.917 bits per heavy atom. The molecule has 3 aromatic heterocycles. The Labute approximate surface area is 210 Å². The van der Waals surface area contributed by atoms with Crippen LogP contribution in [0.5, 0.6) is 0 Å². The smallest absolute Gasteiger partial charge is 0.338 e. The maximum Gasteiger partial charge on any atom is 0.338 e. The summed E-state index contributed by atoms with van der Waals surface area (Å²) in [6.45, 7) is 3.36. The molecule has 0 radical (unpaired) electrons. The topological polar surface area (TPSA) is 107 Å². The third kappa shape index (κ3) is 4.71. The van der Waals surface area contributed by atoms with Gasteiger partial charge in [0, 0.05) is 10.7 Å². The van der Waals surface area contributed by atoms with Gasteiger partial charge in [-0.1, -0.05) is 17.7 Å². The molecule has 0 bridgehead atoms. The van der Waals surface area contributed by atoms with Gasteiger partial charge in [0.1, 0.15) is 11.4 Å². The highest BCUT2D eigenvalue weighted by Crippen LogP contribution is 2.31. The molecule has 8 nitrogen and oxygen atoms in total. The number of nitrogens with one attached hydrogen (secondary N) is 1. The van der Waals surface area contributed by atoms with E-state index in [1.54, 1.807) is 66.9 Å². The minimum atomic E-state index is -1.04. The lowest BCUT2D eigenvalue weighted by molar-refractivity contribution is -0.123. The van der Waals surface area contributed by atoms with Crippen LogP contribution in [0.3, 0.4) is 0 Å². The number of rotatable bonds is 6. The fourth-order valence-electron chi connectivity index (χ4n) is 3.55. The van der Waals surface area contributed by atoms with Crippen LogP contribution in [0.25, 0.3) is 33.9 Å². The molecule has 3 heterocycles. The molecule has 0 saturated heterocycles. The lowest BCUT2D eigenvalue weighted by Gasteiger charge is -2.14. The SMILES string of the molecule is Cc1ccc(NC(=O)C(C)OC(=O)c2ccc3nc(-c4ccco4)c(-c4ccco4)nc3c2)cc1Cl. The predicted molar refractivity (Wildman–Crippen MR) is 135 cm³/mol. The summed E-state index contributed by atoms with van der Waals surface area (Å²) in [5.74, 6) is -0.107. The average Bonchev–Trinajstić information content (AvgIpc) is 3.60. The van der Waals surface area contributed by atoms with Gasteiger partial charge < -0.3 is 18.9 Å². The lowest BCUT2D eigenvalue weighted by Crippen LogP contribution is -2.30. The van der Waals surface area contributed by atoms with Gasteiger partial charge in [0.15, 0.2) is 17.6 Å². The van der Waals surface area contributed by atoms with Crippen molar-refractivity contribution in [2.45, 2.75) is 20.0 Å². The Hall–Kier alpha value is -4.43. The van der Waals surface area contributed by atoms with Crippen molar-refractivity contribution >= 4 is 40.2 Å². The van der Waals surface area contributed by atoms with E-state index in [4.69, 9.17) is 25.2 Å². The zero-order chi connectivity index (χ0) is 25.2. The molecule has 0 aliphatic carbocycles. The molecule has 0 saturated carbocycles. The number of furan rings is 2. The first-order valence-electron chi connectivity index (χ1n) is 11.1. The largest absolute Gasteiger partial charge is 0.463 e. The van der Waals surface area contributed by atoms with E-state index in [1.807, 2.05) is 6.92 Å². The second-order valence-corrected chi connectivity index (χ2v) is 8.49. The van der Waals surface area contributed by atoms with Crippen LogP contribution in [0.2, 0.25) is 5.02 Å². The van der Waals surface area contributed by atoms with Crippen molar-refractivity contribution in [1.29, 1.82) is 0 Å². The first kappa shape index (κ1) is 23.3. The number of hydrogen-bond donors (Lipinski definition) is 1. The number of aryl methyl sites for hydroxylation is 1. The highest BCUT2D eigenvalue weighted by atomic mass is 35.5. The summed E-state index contributed by atoms with van der Waals surface area (Å²) in [6, 6.07) is 17.0. The number of carbonyl (C=O) groups is 2.